The van der Waals surface area contributed by atoms with Crippen molar-refractivity contribution in [1.82, 2.24) is 5.32 Å². The van der Waals surface area contributed by atoms with Gasteiger partial charge in [-0.1, -0.05) is 32.6 Å². The average Bonchev–Trinajstić information content (AvgIpc) is 2.44. The summed E-state index contributed by atoms with van der Waals surface area (Å²) < 4.78 is 0. The van der Waals surface area contributed by atoms with E-state index in [2.05, 4.69) is 12.2 Å². The number of phenols is 2. The van der Waals surface area contributed by atoms with Gasteiger partial charge in [-0.05, 0) is 36.5 Å². The van der Waals surface area contributed by atoms with E-state index in [1.807, 2.05) is 0 Å². The summed E-state index contributed by atoms with van der Waals surface area (Å²) in [7, 11) is 0. The number of benzene rings is 1. The molecule has 0 saturated heterocycles. The van der Waals surface area contributed by atoms with Crippen LogP contribution in [0.5, 0.6) is 11.5 Å². The third-order valence-corrected chi connectivity index (χ3v) is 4.21. The molecule has 0 bridgehead atoms. The van der Waals surface area contributed by atoms with E-state index in [1.54, 1.807) is 0 Å². The Labute approximate surface area is 119 Å². The fraction of sp³-hybridized carbons (Fsp3) is 0.562. The van der Waals surface area contributed by atoms with Crippen LogP contribution in [0.1, 0.15) is 49.4 Å². The monoisotopic (exact) mass is 277 g/mol. The summed E-state index contributed by atoms with van der Waals surface area (Å²) in [4.78, 5) is 11.9. The number of rotatable bonds is 4. The molecule has 4 heteroatoms. The van der Waals surface area contributed by atoms with Crippen LogP contribution in [0.15, 0.2) is 18.2 Å². The minimum absolute atomic E-state index is 0.204. The Morgan fingerprint density at radius 3 is 2.55 bits per heavy atom. The van der Waals surface area contributed by atoms with E-state index in [0.717, 1.165) is 18.3 Å². The maximum Gasteiger partial charge on any atom is 0.251 e. The number of hydrogen-bond donors (Lipinski definition) is 3. The van der Waals surface area contributed by atoms with E-state index >= 15 is 0 Å². The van der Waals surface area contributed by atoms with Gasteiger partial charge in [-0.25, -0.2) is 0 Å². The lowest BCUT2D eigenvalue weighted by Gasteiger charge is -2.26. The normalized spacial score (nSPS) is 22.4. The van der Waals surface area contributed by atoms with Crippen LogP contribution in [0.25, 0.3) is 0 Å². The Morgan fingerprint density at radius 1 is 1.20 bits per heavy atom. The maximum absolute atomic E-state index is 11.9. The lowest BCUT2D eigenvalue weighted by atomic mass is 9.81. The van der Waals surface area contributed by atoms with Gasteiger partial charge >= 0.3 is 0 Å². The van der Waals surface area contributed by atoms with Crippen LogP contribution in [-0.4, -0.2) is 22.7 Å². The van der Waals surface area contributed by atoms with Crippen molar-refractivity contribution in [2.75, 3.05) is 6.54 Å². The molecule has 1 aliphatic carbocycles. The van der Waals surface area contributed by atoms with Crippen molar-refractivity contribution in [2.24, 2.45) is 11.8 Å². The van der Waals surface area contributed by atoms with Crippen molar-refractivity contribution in [3.05, 3.63) is 23.8 Å². The molecule has 1 saturated carbocycles. The van der Waals surface area contributed by atoms with Crippen LogP contribution in [0.2, 0.25) is 0 Å². The largest absolute Gasteiger partial charge is 0.504 e. The second kappa shape index (κ2) is 6.64. The molecule has 4 nitrogen and oxygen atoms in total. The first kappa shape index (κ1) is 14.7. The van der Waals surface area contributed by atoms with Crippen molar-refractivity contribution < 1.29 is 15.0 Å². The Hall–Kier alpha value is -1.71. The molecule has 1 fully saturated rings. The van der Waals surface area contributed by atoms with Crippen molar-refractivity contribution in [2.45, 2.75) is 39.0 Å². The molecule has 0 radical (unpaired) electrons. The Balaban J connectivity index is 1.76. The smallest absolute Gasteiger partial charge is 0.251 e. The molecule has 0 atom stereocenters. The highest BCUT2D eigenvalue weighted by atomic mass is 16.3. The molecule has 0 unspecified atom stereocenters. The van der Waals surface area contributed by atoms with Crippen molar-refractivity contribution in [3.8, 4) is 11.5 Å². The molecule has 1 aliphatic rings. The van der Waals surface area contributed by atoms with Crippen LogP contribution in [-0.2, 0) is 0 Å². The van der Waals surface area contributed by atoms with Gasteiger partial charge in [-0.2, -0.15) is 0 Å². The number of carbonyl (C=O) groups is 1. The number of nitrogens with one attached hydrogen (secondary N) is 1. The predicted octanol–water partition coefficient (Wildman–Crippen LogP) is 3.04. The minimum atomic E-state index is -0.265. The van der Waals surface area contributed by atoms with E-state index in [0.29, 0.717) is 12.1 Å². The van der Waals surface area contributed by atoms with Crippen LogP contribution >= 0.6 is 0 Å². The summed E-state index contributed by atoms with van der Waals surface area (Å²) in [6.45, 7) is 2.97. The van der Waals surface area contributed by atoms with Crippen molar-refractivity contribution in [3.63, 3.8) is 0 Å². The van der Waals surface area contributed by atoms with Crippen molar-refractivity contribution in [1.29, 1.82) is 0 Å². The summed E-state index contributed by atoms with van der Waals surface area (Å²) in [6, 6.07) is 4.12. The highest BCUT2D eigenvalue weighted by molar-refractivity contribution is 5.94. The van der Waals surface area contributed by atoms with E-state index in [1.165, 1.54) is 43.9 Å². The Kier molecular flexibility index (Phi) is 4.88. The fourth-order valence-corrected chi connectivity index (χ4v) is 2.77. The zero-order valence-electron chi connectivity index (χ0n) is 11.9. The average molecular weight is 277 g/mol. The van der Waals surface area contributed by atoms with Gasteiger partial charge < -0.3 is 15.5 Å². The highest BCUT2D eigenvalue weighted by Gasteiger charge is 2.18. The lowest BCUT2D eigenvalue weighted by Crippen LogP contribution is -2.26. The minimum Gasteiger partial charge on any atom is -0.504 e. The molecule has 0 aromatic heterocycles. The number of hydrogen-bond acceptors (Lipinski definition) is 3. The highest BCUT2D eigenvalue weighted by Crippen LogP contribution is 2.30. The molecule has 3 N–H and O–H groups in total. The summed E-state index contributed by atoms with van der Waals surface area (Å²) in [5, 5.41) is 21.5. The van der Waals surface area contributed by atoms with E-state index in [-0.39, 0.29) is 17.4 Å². The van der Waals surface area contributed by atoms with Gasteiger partial charge in [-0.15, -0.1) is 0 Å². The molecule has 20 heavy (non-hydrogen) atoms. The van der Waals surface area contributed by atoms with E-state index in [4.69, 9.17) is 0 Å². The summed E-state index contributed by atoms with van der Waals surface area (Å²) in [5.41, 5.74) is 0.373. The molecular formula is C16H23NO3. The number of aromatic hydroxyl groups is 2. The number of phenolic OH excluding ortho intramolecular Hbond substituents is 2. The summed E-state index contributed by atoms with van der Waals surface area (Å²) >= 11 is 0. The molecule has 0 aliphatic heterocycles. The number of amides is 1. The zero-order valence-corrected chi connectivity index (χ0v) is 11.9. The van der Waals surface area contributed by atoms with Gasteiger partial charge in [0, 0.05) is 12.1 Å². The van der Waals surface area contributed by atoms with Gasteiger partial charge in [0.2, 0.25) is 0 Å². The van der Waals surface area contributed by atoms with Crippen LogP contribution in [0.4, 0.5) is 0 Å². The topological polar surface area (TPSA) is 69.6 Å². The number of carbonyl (C=O) groups excluding carboxylic acids is 1. The first-order valence-electron chi connectivity index (χ1n) is 7.36. The SMILES string of the molecule is CC1CCC(CCNC(=O)c2ccc(O)c(O)c2)CC1. The van der Waals surface area contributed by atoms with Crippen LogP contribution < -0.4 is 5.32 Å². The van der Waals surface area contributed by atoms with Crippen molar-refractivity contribution >= 4 is 5.91 Å². The van der Waals surface area contributed by atoms with Gasteiger partial charge in [0.15, 0.2) is 11.5 Å². The Bertz CT molecular complexity index is 465. The van der Waals surface area contributed by atoms with E-state index in [9.17, 15) is 15.0 Å². The second-order valence-corrected chi connectivity index (χ2v) is 5.87. The predicted molar refractivity (Wildman–Crippen MR) is 77.8 cm³/mol. The molecule has 2 rings (SSSR count). The van der Waals surface area contributed by atoms with Gasteiger partial charge in [0.25, 0.3) is 5.91 Å². The summed E-state index contributed by atoms with van der Waals surface area (Å²) in [6.07, 6.45) is 6.13. The van der Waals surface area contributed by atoms with Crippen LogP contribution in [0.3, 0.4) is 0 Å². The van der Waals surface area contributed by atoms with Crippen LogP contribution in [0, 0.1) is 11.8 Å². The molecule has 1 amide bonds. The second-order valence-electron chi connectivity index (χ2n) is 5.87. The van der Waals surface area contributed by atoms with Gasteiger partial charge in [-0.3, -0.25) is 4.79 Å². The lowest BCUT2D eigenvalue weighted by molar-refractivity contribution is 0.0949. The third kappa shape index (κ3) is 3.89. The zero-order chi connectivity index (χ0) is 14.5. The first-order valence-corrected chi connectivity index (χ1v) is 7.36. The van der Waals surface area contributed by atoms with E-state index < -0.39 is 0 Å². The first-order chi connectivity index (χ1) is 9.56. The molecule has 110 valence electrons. The van der Waals surface area contributed by atoms with Gasteiger partial charge in [0.05, 0.1) is 0 Å². The molecule has 1 aromatic rings. The standard InChI is InChI=1S/C16H23NO3/c1-11-2-4-12(5-3-11)8-9-17-16(20)13-6-7-14(18)15(19)10-13/h6-7,10-12,18-19H,2-5,8-9H2,1H3,(H,17,20). The van der Waals surface area contributed by atoms with Gasteiger partial charge in [0.1, 0.15) is 0 Å². The third-order valence-electron chi connectivity index (χ3n) is 4.21. The fourth-order valence-electron chi connectivity index (χ4n) is 2.77. The molecule has 1 aromatic carbocycles. The Morgan fingerprint density at radius 2 is 1.90 bits per heavy atom. The quantitative estimate of drug-likeness (QED) is 0.741. The summed E-state index contributed by atoms with van der Waals surface area (Å²) in [5.74, 6) is 0.891. The molecule has 0 heterocycles. The molecular weight excluding hydrogens is 254 g/mol. The molecule has 0 spiro atoms. The maximum atomic E-state index is 11.9.